The molecule has 1 heterocycles. The zero-order valence-electron chi connectivity index (χ0n) is 21.6. The lowest BCUT2D eigenvalue weighted by molar-refractivity contribution is -0.151. The Morgan fingerprint density at radius 1 is 1.16 bits per heavy atom. The topological polar surface area (TPSA) is 89.9 Å². The predicted molar refractivity (Wildman–Crippen MR) is 143 cm³/mol. The maximum atomic E-state index is 12.1. The first-order valence-electron chi connectivity index (χ1n) is 11.7. The van der Waals surface area contributed by atoms with E-state index in [1.54, 1.807) is 24.3 Å². The monoisotopic (exact) mass is 562 g/mol. The van der Waals surface area contributed by atoms with E-state index < -0.39 is 32.0 Å². The van der Waals surface area contributed by atoms with Crippen LogP contribution in [0.1, 0.15) is 44.0 Å². The summed E-state index contributed by atoms with van der Waals surface area (Å²) in [5, 5.41) is 12.7. The van der Waals surface area contributed by atoms with Crippen LogP contribution in [0.15, 0.2) is 30.3 Å². The molecule has 12 heteroatoms. The van der Waals surface area contributed by atoms with E-state index in [4.69, 9.17) is 9.26 Å². The van der Waals surface area contributed by atoms with Gasteiger partial charge in [-0.25, -0.2) is 9.19 Å². The number of benzene rings is 1. The SMILES string of the molecule is CC.CCOP(C)c1cc(C#Cc2ccc(OC)c(NCCCS(=O)OCC(F)(F)F)c2)cc(CO)n1. The van der Waals surface area contributed by atoms with Crippen LogP contribution >= 0.6 is 8.15 Å². The number of rotatable bonds is 12. The van der Waals surface area contributed by atoms with Crippen LogP contribution in [0.5, 0.6) is 5.75 Å². The lowest BCUT2D eigenvalue weighted by Gasteiger charge is -2.12. The number of aromatic nitrogens is 1. The Kier molecular flexibility index (Phi) is 15.4. The van der Waals surface area contributed by atoms with E-state index >= 15 is 0 Å². The molecule has 7 nitrogen and oxygen atoms in total. The lowest BCUT2D eigenvalue weighted by atomic mass is 10.1. The molecular weight excluding hydrogens is 528 g/mol. The van der Waals surface area contributed by atoms with Crippen LogP contribution in [0.25, 0.3) is 0 Å². The standard InChI is InChI=1S/C23H28F3N2O5PS.C2H6/c1-4-32-34(3)22-14-18(12-19(15-29)28-22)7-6-17-8-9-21(31-2)20(13-17)27-10-5-11-35(30)33-16-23(24,25)26;1-2/h8-9,12-14,27,29H,4-5,10-11,15-16H2,1-3H3;1-2H3. The van der Waals surface area contributed by atoms with Crippen molar-refractivity contribution in [2.75, 3.05) is 44.6 Å². The van der Waals surface area contributed by atoms with Crippen molar-refractivity contribution in [3.63, 3.8) is 0 Å². The Morgan fingerprint density at radius 2 is 1.86 bits per heavy atom. The molecule has 0 aliphatic heterocycles. The van der Waals surface area contributed by atoms with Crippen LogP contribution in [-0.4, -0.2) is 59.8 Å². The molecule has 2 atom stereocenters. The van der Waals surface area contributed by atoms with Gasteiger partial charge >= 0.3 is 6.18 Å². The third-order valence-corrected chi connectivity index (χ3v) is 6.90. The molecule has 1 aromatic carbocycles. The number of aliphatic hydroxyl groups excluding tert-OH is 1. The van der Waals surface area contributed by atoms with Gasteiger partial charge < -0.3 is 19.7 Å². The van der Waals surface area contributed by atoms with Crippen molar-refractivity contribution in [3.8, 4) is 17.6 Å². The van der Waals surface area contributed by atoms with Crippen molar-refractivity contribution in [3.05, 3.63) is 47.2 Å². The molecular formula is C25H34F3N2O5PS. The summed E-state index contributed by atoms with van der Waals surface area (Å²) >= 11 is -2.01. The molecule has 37 heavy (non-hydrogen) atoms. The number of hydrogen-bond acceptors (Lipinski definition) is 7. The molecule has 2 aromatic rings. The summed E-state index contributed by atoms with van der Waals surface area (Å²) < 4.78 is 63.2. The molecule has 0 bridgehead atoms. The third kappa shape index (κ3) is 12.7. The number of nitrogens with one attached hydrogen (secondary N) is 1. The van der Waals surface area contributed by atoms with Gasteiger partial charge in [-0.1, -0.05) is 25.7 Å². The smallest absolute Gasteiger partial charge is 0.413 e. The van der Waals surface area contributed by atoms with E-state index in [1.807, 2.05) is 33.5 Å². The quantitative estimate of drug-likeness (QED) is 0.219. The number of halogens is 3. The fraction of sp³-hybridized carbons (Fsp3) is 0.480. The molecule has 0 radical (unpaired) electrons. The highest BCUT2D eigenvalue weighted by Gasteiger charge is 2.28. The van der Waals surface area contributed by atoms with Gasteiger partial charge in [0.05, 0.1) is 44.4 Å². The number of pyridine rings is 1. The fourth-order valence-corrected chi connectivity index (χ4v) is 4.69. The predicted octanol–water partition coefficient (Wildman–Crippen LogP) is 4.74. The summed E-state index contributed by atoms with van der Waals surface area (Å²) in [4.78, 5) is 4.41. The minimum atomic E-state index is -4.51. The summed E-state index contributed by atoms with van der Waals surface area (Å²) in [7, 11) is 0.601. The first kappa shape index (κ1) is 32.8. The van der Waals surface area contributed by atoms with E-state index in [0.29, 0.717) is 47.8 Å². The maximum absolute atomic E-state index is 12.1. The van der Waals surface area contributed by atoms with E-state index in [9.17, 15) is 22.5 Å². The minimum absolute atomic E-state index is 0.0375. The molecule has 0 aliphatic carbocycles. The molecule has 0 fully saturated rings. The highest BCUT2D eigenvalue weighted by atomic mass is 32.2. The van der Waals surface area contributed by atoms with E-state index in [2.05, 4.69) is 26.3 Å². The molecule has 0 aliphatic rings. The number of alkyl halides is 3. The average molecular weight is 563 g/mol. The largest absolute Gasteiger partial charge is 0.495 e. The molecule has 0 saturated heterocycles. The molecule has 0 amide bonds. The normalized spacial score (nSPS) is 12.5. The Morgan fingerprint density at radius 3 is 2.49 bits per heavy atom. The second-order valence-corrected chi connectivity index (χ2v) is 10.1. The number of nitrogens with zero attached hydrogens (tertiary/aromatic N) is 1. The summed E-state index contributed by atoms with van der Waals surface area (Å²) in [6.07, 6.45) is -4.18. The maximum Gasteiger partial charge on any atom is 0.413 e. The van der Waals surface area contributed by atoms with Gasteiger partial charge in [0, 0.05) is 24.3 Å². The minimum Gasteiger partial charge on any atom is -0.495 e. The van der Waals surface area contributed by atoms with E-state index in [-0.39, 0.29) is 12.4 Å². The van der Waals surface area contributed by atoms with Crippen LogP contribution in [0.4, 0.5) is 18.9 Å². The highest BCUT2D eigenvalue weighted by molar-refractivity contribution is 7.80. The lowest BCUT2D eigenvalue weighted by Crippen LogP contribution is -2.19. The molecule has 0 spiro atoms. The second kappa shape index (κ2) is 17.3. The summed E-state index contributed by atoms with van der Waals surface area (Å²) in [5.41, 5.74) is 3.28. The van der Waals surface area contributed by atoms with Crippen LogP contribution in [0.2, 0.25) is 0 Å². The molecule has 2 rings (SSSR count). The summed E-state index contributed by atoms with van der Waals surface area (Å²) in [6, 6.07) is 8.88. The Labute approximate surface area is 220 Å². The molecule has 2 N–H and O–H groups in total. The highest BCUT2D eigenvalue weighted by Crippen LogP contribution is 2.30. The van der Waals surface area contributed by atoms with Crippen LogP contribution in [-0.2, 0) is 26.4 Å². The third-order valence-electron chi connectivity index (χ3n) is 4.38. The molecule has 2 unspecified atom stereocenters. The summed E-state index contributed by atoms with van der Waals surface area (Å²) in [5.74, 6) is 6.69. The Bertz CT molecular complexity index is 1060. The van der Waals surface area contributed by atoms with Crippen molar-refractivity contribution in [1.29, 1.82) is 0 Å². The van der Waals surface area contributed by atoms with Crippen LogP contribution < -0.4 is 15.5 Å². The number of aliphatic hydroxyl groups is 1. The van der Waals surface area contributed by atoms with Gasteiger partial charge in [0.2, 0.25) is 0 Å². The fourth-order valence-electron chi connectivity index (χ4n) is 2.82. The zero-order valence-corrected chi connectivity index (χ0v) is 23.4. The number of methoxy groups -OCH3 is 1. The van der Waals surface area contributed by atoms with E-state index in [0.717, 1.165) is 5.44 Å². The summed E-state index contributed by atoms with van der Waals surface area (Å²) in [6.45, 7) is 7.02. The van der Waals surface area contributed by atoms with Gasteiger partial charge in [-0.3, -0.25) is 4.18 Å². The number of hydrogen-bond donors (Lipinski definition) is 2. The number of ether oxygens (including phenoxy) is 1. The molecule has 1 aromatic heterocycles. The van der Waals surface area contributed by atoms with Crippen molar-refractivity contribution in [2.45, 2.75) is 40.0 Å². The second-order valence-electron chi connectivity index (χ2n) is 7.11. The van der Waals surface area contributed by atoms with Crippen LogP contribution in [0, 0.1) is 11.8 Å². The Hall–Kier alpha value is -2.22. The van der Waals surface area contributed by atoms with Crippen molar-refractivity contribution < 1.29 is 35.9 Å². The number of anilines is 1. The average Bonchev–Trinajstić information content (AvgIpc) is 2.89. The van der Waals surface area contributed by atoms with Gasteiger partial charge in [0.1, 0.15) is 5.75 Å². The van der Waals surface area contributed by atoms with Crippen molar-refractivity contribution in [2.24, 2.45) is 0 Å². The molecule has 0 saturated carbocycles. The van der Waals surface area contributed by atoms with Gasteiger partial charge in [-0.15, -0.1) is 0 Å². The van der Waals surface area contributed by atoms with Crippen LogP contribution in [0.3, 0.4) is 0 Å². The van der Waals surface area contributed by atoms with Gasteiger partial charge in [-0.05, 0) is 50.3 Å². The van der Waals surface area contributed by atoms with Crippen molar-refractivity contribution in [1.82, 2.24) is 4.98 Å². The van der Waals surface area contributed by atoms with Gasteiger partial charge in [0.25, 0.3) is 0 Å². The molecule has 206 valence electrons. The zero-order chi connectivity index (χ0) is 27.8. The van der Waals surface area contributed by atoms with Gasteiger partial charge in [-0.2, -0.15) is 13.2 Å². The first-order chi connectivity index (χ1) is 17.6. The van der Waals surface area contributed by atoms with E-state index in [1.165, 1.54) is 7.11 Å². The Balaban J connectivity index is 0.00000334. The van der Waals surface area contributed by atoms with Gasteiger partial charge in [0.15, 0.2) is 17.7 Å². The van der Waals surface area contributed by atoms with Crippen molar-refractivity contribution >= 4 is 30.4 Å². The first-order valence-corrected chi connectivity index (χ1v) is 14.6.